The SMILES string of the molecule is CCOc1cccc(CCNS(=O)(=O)c2cccc(F)c2C(=O)O)c1. The van der Waals surface area contributed by atoms with Gasteiger partial charge in [0.25, 0.3) is 0 Å². The summed E-state index contributed by atoms with van der Waals surface area (Å²) in [6.07, 6.45) is 0.373. The molecule has 8 heteroatoms. The summed E-state index contributed by atoms with van der Waals surface area (Å²) >= 11 is 0. The van der Waals surface area contributed by atoms with Gasteiger partial charge in [-0.05, 0) is 43.2 Å². The Morgan fingerprint density at radius 1 is 1.24 bits per heavy atom. The second-order valence-corrected chi connectivity index (χ2v) is 6.88. The van der Waals surface area contributed by atoms with Crippen molar-refractivity contribution in [2.75, 3.05) is 13.2 Å². The van der Waals surface area contributed by atoms with Crippen LogP contribution in [-0.4, -0.2) is 32.6 Å². The van der Waals surface area contributed by atoms with Gasteiger partial charge < -0.3 is 9.84 Å². The number of hydrogen-bond donors (Lipinski definition) is 2. The number of benzene rings is 2. The predicted molar refractivity (Wildman–Crippen MR) is 89.9 cm³/mol. The van der Waals surface area contributed by atoms with Gasteiger partial charge in [0.2, 0.25) is 10.0 Å². The summed E-state index contributed by atoms with van der Waals surface area (Å²) in [4.78, 5) is 10.5. The number of rotatable bonds is 8. The van der Waals surface area contributed by atoms with Crippen LogP contribution in [0.15, 0.2) is 47.4 Å². The van der Waals surface area contributed by atoms with Crippen molar-refractivity contribution in [3.8, 4) is 5.75 Å². The van der Waals surface area contributed by atoms with Gasteiger partial charge in [-0.15, -0.1) is 0 Å². The number of sulfonamides is 1. The van der Waals surface area contributed by atoms with E-state index in [0.717, 1.165) is 23.8 Å². The van der Waals surface area contributed by atoms with E-state index in [1.807, 2.05) is 13.0 Å². The van der Waals surface area contributed by atoms with Crippen LogP contribution in [0.5, 0.6) is 5.75 Å². The summed E-state index contributed by atoms with van der Waals surface area (Å²) in [6.45, 7) is 2.42. The third kappa shape index (κ3) is 4.77. The van der Waals surface area contributed by atoms with Crippen molar-refractivity contribution in [3.63, 3.8) is 0 Å². The van der Waals surface area contributed by atoms with Crippen molar-refractivity contribution in [1.29, 1.82) is 0 Å². The number of carbonyl (C=O) groups is 1. The van der Waals surface area contributed by atoms with E-state index in [1.54, 1.807) is 18.2 Å². The molecule has 0 unspecified atom stereocenters. The molecular formula is C17H18FNO5S. The van der Waals surface area contributed by atoms with Gasteiger partial charge in [0.05, 0.1) is 11.5 Å². The molecule has 2 N–H and O–H groups in total. The van der Waals surface area contributed by atoms with E-state index in [1.165, 1.54) is 0 Å². The molecule has 0 saturated heterocycles. The monoisotopic (exact) mass is 367 g/mol. The van der Waals surface area contributed by atoms with E-state index in [2.05, 4.69) is 4.72 Å². The Kier molecular flexibility index (Phi) is 6.11. The maximum atomic E-state index is 13.6. The summed E-state index contributed by atoms with van der Waals surface area (Å²) in [7, 11) is -4.15. The smallest absolute Gasteiger partial charge is 0.340 e. The minimum Gasteiger partial charge on any atom is -0.494 e. The van der Waals surface area contributed by atoms with Crippen LogP contribution in [0.2, 0.25) is 0 Å². The molecule has 0 aromatic heterocycles. The third-order valence-corrected chi connectivity index (χ3v) is 4.90. The van der Waals surface area contributed by atoms with Crippen LogP contribution in [0.3, 0.4) is 0 Å². The minimum absolute atomic E-state index is 0.0352. The van der Waals surface area contributed by atoms with E-state index in [0.29, 0.717) is 18.8 Å². The molecule has 2 aromatic carbocycles. The van der Waals surface area contributed by atoms with E-state index in [9.17, 15) is 17.6 Å². The van der Waals surface area contributed by atoms with Crippen LogP contribution in [0.25, 0.3) is 0 Å². The van der Waals surface area contributed by atoms with Gasteiger partial charge in [-0.25, -0.2) is 22.3 Å². The van der Waals surface area contributed by atoms with E-state index in [4.69, 9.17) is 9.84 Å². The topological polar surface area (TPSA) is 92.7 Å². The first-order chi connectivity index (χ1) is 11.8. The highest BCUT2D eigenvalue weighted by Crippen LogP contribution is 2.19. The van der Waals surface area contributed by atoms with Gasteiger partial charge in [-0.3, -0.25) is 0 Å². The van der Waals surface area contributed by atoms with Crippen molar-refractivity contribution in [2.45, 2.75) is 18.2 Å². The first kappa shape index (κ1) is 18.9. The second kappa shape index (κ2) is 8.09. The van der Waals surface area contributed by atoms with Crippen LogP contribution in [-0.2, 0) is 16.4 Å². The highest BCUT2D eigenvalue weighted by molar-refractivity contribution is 7.89. The van der Waals surface area contributed by atoms with E-state index >= 15 is 0 Å². The summed E-state index contributed by atoms with van der Waals surface area (Å²) in [5.41, 5.74) is -0.0142. The maximum absolute atomic E-state index is 13.6. The molecule has 0 fully saturated rings. The van der Waals surface area contributed by atoms with Crippen LogP contribution < -0.4 is 9.46 Å². The molecule has 0 spiro atoms. The second-order valence-electron chi connectivity index (χ2n) is 5.15. The largest absolute Gasteiger partial charge is 0.494 e. The Hall–Kier alpha value is -2.45. The summed E-state index contributed by atoms with van der Waals surface area (Å²) in [6, 6.07) is 10.3. The lowest BCUT2D eigenvalue weighted by atomic mass is 10.1. The normalized spacial score (nSPS) is 11.3. The maximum Gasteiger partial charge on any atom is 0.340 e. The number of hydrogen-bond acceptors (Lipinski definition) is 4. The van der Waals surface area contributed by atoms with Gasteiger partial charge in [-0.1, -0.05) is 18.2 Å². The Balaban J connectivity index is 2.12. The average molecular weight is 367 g/mol. The van der Waals surface area contributed by atoms with Gasteiger partial charge in [0.1, 0.15) is 17.1 Å². The van der Waals surface area contributed by atoms with Crippen molar-refractivity contribution < 1.29 is 27.4 Å². The number of nitrogens with one attached hydrogen (secondary N) is 1. The Morgan fingerprint density at radius 3 is 2.64 bits per heavy atom. The van der Waals surface area contributed by atoms with Crippen molar-refractivity contribution in [3.05, 3.63) is 59.4 Å². The summed E-state index contributed by atoms with van der Waals surface area (Å²) in [5, 5.41) is 9.05. The molecule has 0 radical (unpaired) electrons. The van der Waals surface area contributed by atoms with E-state index in [-0.39, 0.29) is 6.54 Å². The third-order valence-electron chi connectivity index (χ3n) is 3.39. The fraction of sp³-hybridized carbons (Fsp3) is 0.235. The number of carboxylic acids is 1. The molecular weight excluding hydrogens is 349 g/mol. The minimum atomic E-state index is -4.15. The van der Waals surface area contributed by atoms with E-state index < -0.39 is 32.3 Å². The molecule has 2 aromatic rings. The first-order valence-corrected chi connectivity index (χ1v) is 9.06. The number of carboxylic acid groups (broad SMARTS) is 1. The molecule has 0 heterocycles. The van der Waals surface area contributed by atoms with Crippen LogP contribution >= 0.6 is 0 Å². The van der Waals surface area contributed by atoms with Crippen LogP contribution in [0.1, 0.15) is 22.8 Å². The number of ether oxygens (including phenoxy) is 1. The number of aromatic carboxylic acids is 1. The molecule has 0 aliphatic carbocycles. The lowest BCUT2D eigenvalue weighted by Crippen LogP contribution is -2.28. The van der Waals surface area contributed by atoms with Crippen LogP contribution in [0, 0.1) is 5.82 Å². The molecule has 6 nitrogen and oxygen atoms in total. The molecule has 134 valence electrons. The van der Waals surface area contributed by atoms with Gasteiger partial charge >= 0.3 is 5.97 Å². The molecule has 0 atom stereocenters. The molecule has 2 rings (SSSR count). The summed E-state index contributed by atoms with van der Waals surface area (Å²) in [5.74, 6) is -2.05. The highest BCUT2D eigenvalue weighted by Gasteiger charge is 2.25. The van der Waals surface area contributed by atoms with Gasteiger partial charge in [0.15, 0.2) is 0 Å². The predicted octanol–water partition coefficient (Wildman–Crippen LogP) is 2.44. The molecule has 0 saturated carbocycles. The summed E-state index contributed by atoms with van der Waals surface area (Å²) < 4.78 is 45.9. The lowest BCUT2D eigenvalue weighted by Gasteiger charge is -2.10. The molecule has 0 amide bonds. The Morgan fingerprint density at radius 2 is 1.96 bits per heavy atom. The molecule has 0 aliphatic rings. The highest BCUT2D eigenvalue weighted by atomic mass is 32.2. The molecule has 0 aliphatic heterocycles. The Bertz CT molecular complexity index is 867. The molecule has 0 bridgehead atoms. The van der Waals surface area contributed by atoms with Gasteiger partial charge in [0, 0.05) is 6.54 Å². The average Bonchev–Trinajstić information content (AvgIpc) is 2.55. The van der Waals surface area contributed by atoms with Crippen molar-refractivity contribution in [1.82, 2.24) is 4.72 Å². The fourth-order valence-electron chi connectivity index (χ4n) is 2.30. The van der Waals surface area contributed by atoms with Crippen molar-refractivity contribution in [2.24, 2.45) is 0 Å². The fourth-order valence-corrected chi connectivity index (χ4v) is 3.54. The zero-order chi connectivity index (χ0) is 18.4. The standard InChI is InChI=1S/C17H18FNO5S/c1-2-24-13-6-3-5-12(11-13)9-10-19-25(22,23)15-8-4-7-14(18)16(15)17(20)21/h3-8,11,19H,2,9-10H2,1H3,(H,20,21). The Labute approximate surface area is 145 Å². The van der Waals surface area contributed by atoms with Gasteiger partial charge in [-0.2, -0.15) is 0 Å². The first-order valence-electron chi connectivity index (χ1n) is 7.58. The zero-order valence-corrected chi connectivity index (χ0v) is 14.3. The lowest BCUT2D eigenvalue weighted by molar-refractivity contribution is 0.0687. The quantitative estimate of drug-likeness (QED) is 0.748. The molecule has 25 heavy (non-hydrogen) atoms. The zero-order valence-electron chi connectivity index (χ0n) is 13.5. The number of halogens is 1. The van der Waals surface area contributed by atoms with Crippen molar-refractivity contribution >= 4 is 16.0 Å². The van der Waals surface area contributed by atoms with Crippen LogP contribution in [0.4, 0.5) is 4.39 Å².